The molecule has 5 heteroatoms. The van der Waals surface area contributed by atoms with Crippen LogP contribution < -0.4 is 10.3 Å². The third-order valence-corrected chi connectivity index (χ3v) is 4.02. The van der Waals surface area contributed by atoms with Crippen LogP contribution in [0, 0.1) is 6.92 Å². The van der Waals surface area contributed by atoms with Gasteiger partial charge in [0.05, 0.1) is 29.2 Å². The Morgan fingerprint density at radius 1 is 1.09 bits per heavy atom. The predicted octanol–water partition coefficient (Wildman–Crippen LogP) is 3.18. The van der Waals surface area contributed by atoms with Gasteiger partial charge in [0, 0.05) is 11.6 Å². The SMILES string of the molecule is COc1ccc2ncc3c(=O)n(-c4ccc(C)cc4)[nH]c3c2c1. The van der Waals surface area contributed by atoms with E-state index in [4.69, 9.17) is 4.74 Å². The van der Waals surface area contributed by atoms with E-state index < -0.39 is 0 Å². The van der Waals surface area contributed by atoms with Crippen LogP contribution in [0.4, 0.5) is 0 Å². The third kappa shape index (κ3) is 2.09. The molecule has 1 N–H and O–H groups in total. The van der Waals surface area contributed by atoms with E-state index in [1.54, 1.807) is 18.0 Å². The van der Waals surface area contributed by atoms with Crippen LogP contribution in [-0.2, 0) is 0 Å². The fourth-order valence-electron chi connectivity index (χ4n) is 2.74. The maximum absolute atomic E-state index is 12.7. The van der Waals surface area contributed by atoms with E-state index in [9.17, 15) is 4.79 Å². The van der Waals surface area contributed by atoms with Gasteiger partial charge in [0.15, 0.2) is 0 Å². The summed E-state index contributed by atoms with van der Waals surface area (Å²) < 4.78 is 6.83. The first kappa shape index (κ1) is 13.6. The zero-order valence-electron chi connectivity index (χ0n) is 12.8. The number of ether oxygens (including phenoxy) is 1. The minimum absolute atomic E-state index is 0.110. The highest BCUT2D eigenvalue weighted by Crippen LogP contribution is 2.25. The lowest BCUT2D eigenvalue weighted by Crippen LogP contribution is -2.14. The number of aryl methyl sites for hydroxylation is 1. The number of H-pyrrole nitrogens is 1. The van der Waals surface area contributed by atoms with Crippen molar-refractivity contribution in [3.05, 3.63) is 64.6 Å². The highest BCUT2D eigenvalue weighted by molar-refractivity contribution is 6.03. The summed E-state index contributed by atoms with van der Waals surface area (Å²) >= 11 is 0. The summed E-state index contributed by atoms with van der Waals surface area (Å²) in [4.78, 5) is 17.1. The van der Waals surface area contributed by atoms with Gasteiger partial charge in [-0.15, -0.1) is 0 Å². The molecule has 0 fully saturated rings. The van der Waals surface area contributed by atoms with Gasteiger partial charge in [0.2, 0.25) is 0 Å². The molecule has 0 aliphatic heterocycles. The number of hydrogen-bond acceptors (Lipinski definition) is 3. The number of aromatic nitrogens is 3. The van der Waals surface area contributed by atoms with Crippen molar-refractivity contribution in [1.82, 2.24) is 14.8 Å². The molecule has 0 amide bonds. The van der Waals surface area contributed by atoms with Crippen molar-refractivity contribution in [2.75, 3.05) is 7.11 Å². The molecule has 0 saturated carbocycles. The van der Waals surface area contributed by atoms with Crippen molar-refractivity contribution in [2.45, 2.75) is 6.92 Å². The van der Waals surface area contributed by atoms with Gasteiger partial charge in [0.25, 0.3) is 5.56 Å². The van der Waals surface area contributed by atoms with E-state index >= 15 is 0 Å². The van der Waals surface area contributed by atoms with Crippen molar-refractivity contribution in [3.8, 4) is 11.4 Å². The number of benzene rings is 2. The molecule has 2 aromatic heterocycles. The second kappa shape index (κ2) is 4.98. The van der Waals surface area contributed by atoms with Crippen LogP contribution in [0.3, 0.4) is 0 Å². The first-order valence-corrected chi connectivity index (χ1v) is 7.32. The first-order valence-electron chi connectivity index (χ1n) is 7.32. The maximum atomic E-state index is 12.7. The molecule has 0 bridgehead atoms. The molecule has 0 saturated heterocycles. The third-order valence-electron chi connectivity index (χ3n) is 4.02. The average molecular weight is 305 g/mol. The molecule has 0 aliphatic carbocycles. The molecular formula is C18H15N3O2. The smallest absolute Gasteiger partial charge is 0.280 e. The van der Waals surface area contributed by atoms with Gasteiger partial charge in [-0.1, -0.05) is 17.7 Å². The number of rotatable bonds is 2. The Morgan fingerprint density at radius 3 is 2.61 bits per heavy atom. The van der Waals surface area contributed by atoms with Crippen molar-refractivity contribution in [2.24, 2.45) is 0 Å². The predicted molar refractivity (Wildman–Crippen MR) is 90.5 cm³/mol. The van der Waals surface area contributed by atoms with Crippen LogP contribution >= 0.6 is 0 Å². The standard InChI is InChI=1S/C18H15N3O2/c1-11-3-5-12(6-4-11)21-18(22)15-10-19-16-8-7-13(23-2)9-14(16)17(15)20-21/h3-10,20H,1-2H3. The van der Waals surface area contributed by atoms with Crippen LogP contribution in [-0.4, -0.2) is 21.9 Å². The first-order chi connectivity index (χ1) is 11.2. The number of fused-ring (bicyclic) bond motifs is 3. The topological polar surface area (TPSA) is 59.9 Å². The Morgan fingerprint density at radius 2 is 1.87 bits per heavy atom. The summed E-state index contributed by atoms with van der Waals surface area (Å²) in [6.07, 6.45) is 1.62. The van der Waals surface area contributed by atoms with E-state index in [0.29, 0.717) is 5.39 Å². The zero-order chi connectivity index (χ0) is 16.0. The lowest BCUT2D eigenvalue weighted by molar-refractivity contribution is 0.415. The molecule has 5 nitrogen and oxygen atoms in total. The van der Waals surface area contributed by atoms with Crippen molar-refractivity contribution >= 4 is 21.8 Å². The van der Waals surface area contributed by atoms with Gasteiger partial charge < -0.3 is 4.74 Å². The number of aromatic amines is 1. The number of pyridine rings is 1. The van der Waals surface area contributed by atoms with Crippen molar-refractivity contribution < 1.29 is 4.74 Å². The Bertz CT molecular complexity index is 1080. The molecule has 0 unspecified atom stereocenters. The van der Waals surface area contributed by atoms with Gasteiger partial charge in [-0.3, -0.25) is 14.9 Å². The molecular weight excluding hydrogens is 290 g/mol. The molecule has 0 atom stereocenters. The Labute approximate surface area is 132 Å². The number of hydrogen-bond donors (Lipinski definition) is 1. The van der Waals surface area contributed by atoms with Crippen LogP contribution in [0.15, 0.2) is 53.5 Å². The van der Waals surface area contributed by atoms with Gasteiger partial charge >= 0.3 is 0 Å². The quantitative estimate of drug-likeness (QED) is 0.619. The number of nitrogens with one attached hydrogen (secondary N) is 1. The van der Waals surface area contributed by atoms with E-state index in [1.807, 2.05) is 49.4 Å². The van der Waals surface area contributed by atoms with Gasteiger partial charge in [-0.05, 0) is 37.3 Å². The minimum Gasteiger partial charge on any atom is -0.497 e. The lowest BCUT2D eigenvalue weighted by atomic mass is 10.1. The van der Waals surface area contributed by atoms with E-state index in [-0.39, 0.29) is 5.56 Å². The fourth-order valence-corrected chi connectivity index (χ4v) is 2.74. The maximum Gasteiger partial charge on any atom is 0.280 e. The summed E-state index contributed by atoms with van der Waals surface area (Å²) in [5, 5.41) is 4.63. The minimum atomic E-state index is -0.110. The molecule has 114 valence electrons. The fraction of sp³-hybridized carbons (Fsp3) is 0.111. The second-order valence-corrected chi connectivity index (χ2v) is 5.52. The molecule has 4 rings (SSSR count). The van der Waals surface area contributed by atoms with Crippen molar-refractivity contribution in [3.63, 3.8) is 0 Å². The Hall–Kier alpha value is -3.08. The summed E-state index contributed by atoms with van der Waals surface area (Å²) in [6.45, 7) is 2.02. The zero-order valence-corrected chi connectivity index (χ0v) is 12.8. The molecule has 4 aromatic rings. The second-order valence-electron chi connectivity index (χ2n) is 5.52. The van der Waals surface area contributed by atoms with E-state index in [1.165, 1.54) is 0 Å². The summed E-state index contributed by atoms with van der Waals surface area (Å²) in [7, 11) is 1.62. The molecule has 0 aliphatic rings. The number of nitrogens with zero attached hydrogens (tertiary/aromatic N) is 2. The molecule has 23 heavy (non-hydrogen) atoms. The lowest BCUT2D eigenvalue weighted by Gasteiger charge is -2.03. The largest absolute Gasteiger partial charge is 0.497 e. The normalized spacial score (nSPS) is 11.2. The van der Waals surface area contributed by atoms with Crippen LogP contribution in [0.25, 0.3) is 27.5 Å². The van der Waals surface area contributed by atoms with Crippen LogP contribution in [0.5, 0.6) is 5.75 Å². The van der Waals surface area contributed by atoms with E-state index in [0.717, 1.165) is 33.4 Å². The average Bonchev–Trinajstić information content (AvgIpc) is 2.92. The number of methoxy groups -OCH3 is 1. The van der Waals surface area contributed by atoms with Crippen molar-refractivity contribution in [1.29, 1.82) is 0 Å². The monoisotopic (exact) mass is 305 g/mol. The van der Waals surface area contributed by atoms with Crippen LogP contribution in [0.2, 0.25) is 0 Å². The molecule has 2 aromatic carbocycles. The Kier molecular flexibility index (Phi) is 2.94. The summed E-state index contributed by atoms with van der Waals surface area (Å²) in [6, 6.07) is 13.4. The van der Waals surface area contributed by atoms with E-state index in [2.05, 4.69) is 10.1 Å². The van der Waals surface area contributed by atoms with Gasteiger partial charge in [-0.2, -0.15) is 0 Å². The van der Waals surface area contributed by atoms with Gasteiger partial charge in [0.1, 0.15) is 5.75 Å². The van der Waals surface area contributed by atoms with Crippen LogP contribution in [0.1, 0.15) is 5.56 Å². The highest BCUT2D eigenvalue weighted by atomic mass is 16.5. The summed E-state index contributed by atoms with van der Waals surface area (Å²) in [5.41, 5.74) is 3.42. The Balaban J connectivity index is 2.04. The molecule has 2 heterocycles. The molecule has 0 radical (unpaired) electrons. The van der Waals surface area contributed by atoms with Gasteiger partial charge in [-0.25, -0.2) is 4.68 Å². The summed E-state index contributed by atoms with van der Waals surface area (Å²) in [5.74, 6) is 0.732. The molecule has 0 spiro atoms. The highest BCUT2D eigenvalue weighted by Gasteiger charge is 2.12.